The maximum absolute atomic E-state index is 13.0. The van der Waals surface area contributed by atoms with Crippen LogP contribution in [-0.4, -0.2) is 25.8 Å². The molecule has 4 nitrogen and oxygen atoms in total. The molecule has 17 heavy (non-hydrogen) atoms. The van der Waals surface area contributed by atoms with Crippen molar-refractivity contribution in [1.29, 1.82) is 0 Å². The fourth-order valence-electron chi connectivity index (χ4n) is 1.67. The summed E-state index contributed by atoms with van der Waals surface area (Å²) < 4.78 is 38.7. The Morgan fingerprint density at radius 1 is 1.29 bits per heavy atom. The van der Waals surface area contributed by atoms with Crippen molar-refractivity contribution in [3.05, 3.63) is 36.2 Å². The van der Waals surface area contributed by atoms with Crippen LogP contribution in [0.2, 0.25) is 0 Å². The topological polar surface area (TPSA) is 63.4 Å². The van der Waals surface area contributed by atoms with E-state index < -0.39 is 15.8 Å². The first kappa shape index (κ1) is 12.1. The maximum atomic E-state index is 13.0. The third-order valence-corrected chi connectivity index (χ3v) is 4.49. The van der Waals surface area contributed by atoms with Crippen molar-refractivity contribution in [2.24, 2.45) is 0 Å². The van der Waals surface area contributed by atoms with Crippen LogP contribution in [0.25, 0.3) is 0 Å². The highest BCUT2D eigenvalue weighted by molar-refractivity contribution is 7.89. The van der Waals surface area contributed by atoms with Crippen LogP contribution in [0.1, 0.15) is 6.42 Å². The lowest BCUT2D eigenvalue weighted by atomic mass is 10.3. The van der Waals surface area contributed by atoms with Crippen molar-refractivity contribution in [3.8, 4) is 0 Å². The van der Waals surface area contributed by atoms with Crippen molar-refractivity contribution in [3.63, 3.8) is 0 Å². The molecular weight excluding hydrogens is 243 g/mol. The molecule has 0 unspecified atom stereocenters. The zero-order valence-corrected chi connectivity index (χ0v) is 9.95. The van der Waals surface area contributed by atoms with E-state index in [4.69, 9.17) is 5.73 Å². The summed E-state index contributed by atoms with van der Waals surface area (Å²) >= 11 is 0. The molecule has 2 rings (SSSR count). The van der Waals surface area contributed by atoms with E-state index in [9.17, 15) is 12.8 Å². The average Bonchev–Trinajstić information content (AvgIpc) is 2.33. The Hall–Kier alpha value is -1.40. The first-order chi connectivity index (χ1) is 8.01. The first-order valence-electron chi connectivity index (χ1n) is 5.22. The molecule has 0 aliphatic carbocycles. The molecule has 0 aromatic heterocycles. The summed E-state index contributed by atoms with van der Waals surface area (Å²) in [4.78, 5) is 0.0340. The number of rotatable bonds is 2. The average molecular weight is 256 g/mol. The second-order valence-electron chi connectivity index (χ2n) is 3.81. The van der Waals surface area contributed by atoms with Gasteiger partial charge < -0.3 is 5.73 Å². The fourth-order valence-corrected chi connectivity index (χ4v) is 3.11. The van der Waals surface area contributed by atoms with Crippen molar-refractivity contribution in [2.75, 3.05) is 18.8 Å². The summed E-state index contributed by atoms with van der Waals surface area (Å²) in [6.45, 7) is 0.787. The van der Waals surface area contributed by atoms with Crippen molar-refractivity contribution in [1.82, 2.24) is 4.31 Å². The molecule has 1 aromatic carbocycles. The van der Waals surface area contributed by atoms with Crippen LogP contribution >= 0.6 is 0 Å². The van der Waals surface area contributed by atoms with E-state index in [-0.39, 0.29) is 10.6 Å². The number of hydrogen-bond donors (Lipinski definition) is 1. The molecule has 92 valence electrons. The van der Waals surface area contributed by atoms with Crippen LogP contribution in [0.15, 0.2) is 35.2 Å². The van der Waals surface area contributed by atoms with Crippen molar-refractivity contribution < 1.29 is 12.8 Å². The first-order valence-corrected chi connectivity index (χ1v) is 6.66. The molecule has 0 amide bonds. The summed E-state index contributed by atoms with van der Waals surface area (Å²) in [5.74, 6) is -0.609. The Bertz CT molecular complexity index is 555. The van der Waals surface area contributed by atoms with E-state index in [1.807, 2.05) is 6.08 Å². The summed E-state index contributed by atoms with van der Waals surface area (Å²) in [7, 11) is -3.57. The summed E-state index contributed by atoms with van der Waals surface area (Å²) in [5, 5.41) is 0. The molecule has 0 fully saturated rings. The van der Waals surface area contributed by atoms with Gasteiger partial charge in [-0.15, -0.1) is 0 Å². The molecular formula is C11H13FN2O2S. The number of halogens is 1. The lowest BCUT2D eigenvalue weighted by molar-refractivity contribution is 0.437. The van der Waals surface area contributed by atoms with E-state index in [0.29, 0.717) is 19.5 Å². The van der Waals surface area contributed by atoms with Gasteiger partial charge in [-0.05, 0) is 24.6 Å². The van der Waals surface area contributed by atoms with Crippen molar-refractivity contribution in [2.45, 2.75) is 11.3 Å². The maximum Gasteiger partial charge on any atom is 0.243 e. The molecule has 0 atom stereocenters. The molecule has 1 heterocycles. The van der Waals surface area contributed by atoms with E-state index in [0.717, 1.165) is 12.1 Å². The third-order valence-electron chi connectivity index (χ3n) is 2.63. The normalized spacial score (nSPS) is 17.2. The second kappa shape index (κ2) is 4.46. The van der Waals surface area contributed by atoms with Gasteiger partial charge in [-0.2, -0.15) is 4.31 Å². The van der Waals surface area contributed by atoms with Crippen LogP contribution in [-0.2, 0) is 10.0 Å². The fraction of sp³-hybridized carbons (Fsp3) is 0.273. The molecule has 0 radical (unpaired) electrons. The summed E-state index contributed by atoms with van der Waals surface area (Å²) in [5.41, 5.74) is 5.22. The standard InChI is InChI=1S/C11H13FN2O2S/c12-10-5-4-9(8-11(10)13)17(15,16)14-6-2-1-3-7-14/h1-2,4-5,8H,3,6-7,13H2. The number of anilines is 1. The van der Waals surface area contributed by atoms with E-state index in [1.54, 1.807) is 6.08 Å². The molecule has 0 saturated heterocycles. The smallest absolute Gasteiger partial charge is 0.243 e. The minimum absolute atomic E-state index is 0.0340. The minimum Gasteiger partial charge on any atom is -0.396 e. The third kappa shape index (κ3) is 2.32. The van der Waals surface area contributed by atoms with E-state index >= 15 is 0 Å². The number of nitrogens with two attached hydrogens (primary N) is 1. The lowest BCUT2D eigenvalue weighted by Crippen LogP contribution is -2.33. The van der Waals surface area contributed by atoms with Crippen molar-refractivity contribution >= 4 is 15.7 Å². The Morgan fingerprint density at radius 2 is 2.06 bits per heavy atom. The second-order valence-corrected chi connectivity index (χ2v) is 5.74. The zero-order chi connectivity index (χ0) is 12.5. The minimum atomic E-state index is -3.57. The van der Waals surface area contributed by atoms with Crippen LogP contribution in [0.4, 0.5) is 10.1 Å². The van der Waals surface area contributed by atoms with Crippen LogP contribution < -0.4 is 5.73 Å². The van der Waals surface area contributed by atoms with Gasteiger partial charge in [0, 0.05) is 13.1 Å². The molecule has 1 aromatic rings. The van der Waals surface area contributed by atoms with Gasteiger partial charge in [0.1, 0.15) is 5.82 Å². The van der Waals surface area contributed by atoms with E-state index in [1.165, 1.54) is 10.4 Å². The van der Waals surface area contributed by atoms with Crippen LogP contribution in [0.5, 0.6) is 0 Å². The Morgan fingerprint density at radius 3 is 2.65 bits per heavy atom. The predicted molar refractivity (Wildman–Crippen MR) is 63.3 cm³/mol. The quantitative estimate of drug-likeness (QED) is 0.642. The summed E-state index contributed by atoms with van der Waals surface area (Å²) in [6.07, 6.45) is 4.43. The van der Waals surface area contributed by atoms with Gasteiger partial charge in [-0.1, -0.05) is 12.2 Å². The van der Waals surface area contributed by atoms with Gasteiger partial charge in [-0.25, -0.2) is 12.8 Å². The van der Waals surface area contributed by atoms with Gasteiger partial charge >= 0.3 is 0 Å². The van der Waals surface area contributed by atoms with Crippen LogP contribution in [0, 0.1) is 5.82 Å². The molecule has 1 aliphatic rings. The monoisotopic (exact) mass is 256 g/mol. The molecule has 0 bridgehead atoms. The summed E-state index contributed by atoms with van der Waals surface area (Å²) in [6, 6.07) is 3.46. The molecule has 6 heteroatoms. The number of nitrogens with zero attached hydrogens (tertiary/aromatic N) is 1. The lowest BCUT2D eigenvalue weighted by Gasteiger charge is -2.22. The largest absolute Gasteiger partial charge is 0.396 e. The Balaban J connectivity index is 2.37. The highest BCUT2D eigenvalue weighted by Gasteiger charge is 2.24. The van der Waals surface area contributed by atoms with Gasteiger partial charge in [0.15, 0.2) is 0 Å². The number of nitrogen functional groups attached to an aromatic ring is 1. The van der Waals surface area contributed by atoms with E-state index in [2.05, 4.69) is 0 Å². The zero-order valence-electron chi connectivity index (χ0n) is 9.14. The SMILES string of the molecule is Nc1cc(S(=O)(=O)N2CC=CCC2)ccc1F. The molecule has 0 saturated carbocycles. The van der Waals surface area contributed by atoms with Crippen LogP contribution in [0.3, 0.4) is 0 Å². The number of hydrogen-bond acceptors (Lipinski definition) is 3. The van der Waals surface area contributed by atoms with Gasteiger partial charge in [0.05, 0.1) is 10.6 Å². The molecule has 2 N–H and O–H groups in total. The predicted octanol–water partition coefficient (Wildman–Crippen LogP) is 1.36. The highest BCUT2D eigenvalue weighted by atomic mass is 32.2. The Labute approximate surface area is 99.6 Å². The number of sulfonamides is 1. The molecule has 0 spiro atoms. The van der Waals surface area contributed by atoms with Gasteiger partial charge in [-0.3, -0.25) is 0 Å². The highest BCUT2D eigenvalue weighted by Crippen LogP contribution is 2.21. The molecule has 1 aliphatic heterocycles. The number of benzene rings is 1. The van der Waals surface area contributed by atoms with Gasteiger partial charge in [0.2, 0.25) is 10.0 Å². The van der Waals surface area contributed by atoms with Gasteiger partial charge in [0.25, 0.3) is 0 Å². The Kier molecular flexibility index (Phi) is 3.17.